The summed E-state index contributed by atoms with van der Waals surface area (Å²) < 4.78 is 5.32. The Morgan fingerprint density at radius 3 is 2.38 bits per heavy atom. The summed E-state index contributed by atoms with van der Waals surface area (Å²) >= 11 is 0. The van der Waals surface area contributed by atoms with Gasteiger partial charge >= 0.3 is 0 Å². The van der Waals surface area contributed by atoms with Gasteiger partial charge in [0.2, 0.25) is 0 Å². The van der Waals surface area contributed by atoms with Crippen molar-refractivity contribution in [2.75, 3.05) is 0 Å². The quantitative estimate of drug-likeness (QED) is 0.571. The van der Waals surface area contributed by atoms with Crippen molar-refractivity contribution in [2.45, 2.75) is 6.42 Å². The normalized spacial score (nSPS) is 10.7. The smallest absolute Gasteiger partial charge is 0.276 e. The predicted molar refractivity (Wildman–Crippen MR) is 85.6 cm³/mol. The van der Waals surface area contributed by atoms with Gasteiger partial charge in [0.1, 0.15) is 5.69 Å². The van der Waals surface area contributed by atoms with Crippen molar-refractivity contribution in [2.24, 2.45) is 0 Å². The molecule has 116 valence electrons. The Hall–Kier alpha value is -3.48. The minimum atomic E-state index is 0.348. The van der Waals surface area contributed by atoms with Crippen LogP contribution in [0.25, 0.3) is 23.2 Å². The number of hydrogen-bond donors (Lipinski definition) is 0. The van der Waals surface area contributed by atoms with Gasteiger partial charge in [-0.3, -0.25) is 0 Å². The highest BCUT2D eigenvalue weighted by Crippen LogP contribution is 2.18. The van der Waals surface area contributed by atoms with Crippen molar-refractivity contribution >= 4 is 0 Å². The highest BCUT2D eigenvalue weighted by molar-refractivity contribution is 5.51. The molecule has 7 nitrogen and oxygen atoms in total. The van der Waals surface area contributed by atoms with E-state index in [-0.39, 0.29) is 0 Å². The zero-order valence-corrected chi connectivity index (χ0v) is 12.6. The molecule has 0 aliphatic heterocycles. The number of rotatable bonds is 4. The third-order valence-corrected chi connectivity index (χ3v) is 3.31. The second-order valence-electron chi connectivity index (χ2n) is 5.02. The molecule has 0 radical (unpaired) electrons. The first-order valence-electron chi connectivity index (χ1n) is 7.36. The van der Waals surface area contributed by atoms with Gasteiger partial charge in [0.15, 0.2) is 17.5 Å². The zero-order chi connectivity index (χ0) is 16.2. The number of benzene rings is 1. The van der Waals surface area contributed by atoms with Crippen LogP contribution in [-0.2, 0) is 6.42 Å². The van der Waals surface area contributed by atoms with Crippen molar-refractivity contribution in [3.05, 3.63) is 72.4 Å². The molecule has 1 aromatic carbocycles. The van der Waals surface area contributed by atoms with Gasteiger partial charge < -0.3 is 4.52 Å². The highest BCUT2D eigenvalue weighted by Gasteiger charge is 2.13. The van der Waals surface area contributed by atoms with Gasteiger partial charge in [-0.2, -0.15) is 4.98 Å². The zero-order valence-electron chi connectivity index (χ0n) is 12.6. The Kier molecular flexibility index (Phi) is 3.73. The summed E-state index contributed by atoms with van der Waals surface area (Å²) in [5.41, 5.74) is 1.66. The predicted octanol–water partition coefficient (Wildman–Crippen LogP) is 2.57. The van der Waals surface area contributed by atoms with Gasteiger partial charge in [-0.1, -0.05) is 35.5 Å². The standard InChI is InChI=1S/C17H12N6O/c1-2-5-12(6-3-1)11-14-22-17(24-23-14)13-7-10-20-16(21-13)15-18-8-4-9-19-15/h1-10H,11H2. The Bertz CT molecular complexity index is 939. The maximum absolute atomic E-state index is 5.32. The van der Waals surface area contributed by atoms with E-state index in [4.69, 9.17) is 4.52 Å². The van der Waals surface area contributed by atoms with Crippen molar-refractivity contribution in [3.8, 4) is 23.2 Å². The van der Waals surface area contributed by atoms with E-state index in [1.807, 2.05) is 30.3 Å². The maximum atomic E-state index is 5.32. The molecule has 3 heterocycles. The van der Waals surface area contributed by atoms with Crippen LogP contribution in [0.5, 0.6) is 0 Å². The molecular weight excluding hydrogens is 304 g/mol. The van der Waals surface area contributed by atoms with Crippen molar-refractivity contribution in [3.63, 3.8) is 0 Å². The van der Waals surface area contributed by atoms with E-state index in [1.54, 1.807) is 30.7 Å². The maximum Gasteiger partial charge on any atom is 0.276 e. The van der Waals surface area contributed by atoms with Gasteiger partial charge in [-0.25, -0.2) is 19.9 Å². The van der Waals surface area contributed by atoms with Crippen molar-refractivity contribution in [1.82, 2.24) is 30.1 Å². The van der Waals surface area contributed by atoms with E-state index in [0.717, 1.165) is 5.56 Å². The third-order valence-electron chi connectivity index (χ3n) is 3.31. The summed E-state index contributed by atoms with van der Waals surface area (Å²) in [4.78, 5) is 21.3. The molecule has 24 heavy (non-hydrogen) atoms. The van der Waals surface area contributed by atoms with Crippen LogP contribution in [0.3, 0.4) is 0 Å². The molecule has 0 saturated carbocycles. The van der Waals surface area contributed by atoms with Crippen molar-refractivity contribution in [1.29, 1.82) is 0 Å². The van der Waals surface area contributed by atoms with Gasteiger partial charge in [0.25, 0.3) is 5.89 Å². The van der Waals surface area contributed by atoms with E-state index in [2.05, 4.69) is 30.1 Å². The van der Waals surface area contributed by atoms with Crippen LogP contribution in [0.4, 0.5) is 0 Å². The summed E-state index contributed by atoms with van der Waals surface area (Å²) in [6.07, 6.45) is 5.51. The molecule has 4 rings (SSSR count). The average Bonchev–Trinajstić information content (AvgIpc) is 3.12. The van der Waals surface area contributed by atoms with Crippen LogP contribution in [-0.4, -0.2) is 30.1 Å². The van der Waals surface area contributed by atoms with Gasteiger partial charge in [-0.15, -0.1) is 0 Å². The largest absolute Gasteiger partial charge is 0.332 e. The lowest BCUT2D eigenvalue weighted by Gasteiger charge is -1.98. The average molecular weight is 316 g/mol. The number of nitrogens with zero attached hydrogens (tertiary/aromatic N) is 6. The van der Waals surface area contributed by atoms with Crippen LogP contribution in [0.2, 0.25) is 0 Å². The molecule has 0 aliphatic rings. The second-order valence-corrected chi connectivity index (χ2v) is 5.02. The molecule has 0 N–H and O–H groups in total. The second kappa shape index (κ2) is 6.33. The van der Waals surface area contributed by atoms with E-state index in [9.17, 15) is 0 Å². The Balaban J connectivity index is 1.61. The first-order chi connectivity index (χ1) is 11.9. The Morgan fingerprint density at radius 1 is 0.750 bits per heavy atom. The van der Waals surface area contributed by atoms with E-state index in [1.165, 1.54) is 0 Å². The summed E-state index contributed by atoms with van der Waals surface area (Å²) in [5, 5.41) is 4.01. The van der Waals surface area contributed by atoms with E-state index >= 15 is 0 Å². The fourth-order valence-electron chi connectivity index (χ4n) is 2.21. The Morgan fingerprint density at radius 2 is 1.54 bits per heavy atom. The lowest BCUT2D eigenvalue weighted by atomic mass is 10.1. The molecule has 4 aromatic rings. The first kappa shape index (κ1) is 14.1. The van der Waals surface area contributed by atoms with Crippen LogP contribution in [0.1, 0.15) is 11.4 Å². The lowest BCUT2D eigenvalue weighted by Crippen LogP contribution is -1.96. The molecule has 0 spiro atoms. The fourth-order valence-corrected chi connectivity index (χ4v) is 2.21. The van der Waals surface area contributed by atoms with Crippen LogP contribution in [0, 0.1) is 0 Å². The Labute approximate surface area is 137 Å². The summed E-state index contributed by atoms with van der Waals surface area (Å²) in [7, 11) is 0. The van der Waals surface area contributed by atoms with Gasteiger partial charge in [-0.05, 0) is 17.7 Å². The highest BCUT2D eigenvalue weighted by atomic mass is 16.5. The molecule has 0 aliphatic carbocycles. The minimum absolute atomic E-state index is 0.348. The third kappa shape index (κ3) is 3.00. The van der Waals surface area contributed by atoms with E-state index in [0.29, 0.717) is 35.5 Å². The molecule has 0 bridgehead atoms. The van der Waals surface area contributed by atoms with Crippen molar-refractivity contribution < 1.29 is 4.52 Å². The van der Waals surface area contributed by atoms with Crippen LogP contribution >= 0.6 is 0 Å². The molecule has 3 aromatic heterocycles. The van der Waals surface area contributed by atoms with E-state index < -0.39 is 0 Å². The van der Waals surface area contributed by atoms with Gasteiger partial charge in [0.05, 0.1) is 0 Å². The fraction of sp³-hybridized carbons (Fsp3) is 0.0588. The molecule has 7 heteroatoms. The van der Waals surface area contributed by atoms with Crippen LogP contribution in [0.15, 0.2) is 65.6 Å². The monoisotopic (exact) mass is 316 g/mol. The first-order valence-corrected chi connectivity index (χ1v) is 7.36. The summed E-state index contributed by atoms with van der Waals surface area (Å²) in [5.74, 6) is 1.81. The summed E-state index contributed by atoms with van der Waals surface area (Å²) in [6, 6.07) is 13.4. The SMILES string of the molecule is c1ccc(Cc2noc(-c3ccnc(-c4ncccn4)n3)n2)cc1. The molecule has 0 fully saturated rings. The molecule has 0 unspecified atom stereocenters. The molecule has 0 saturated heterocycles. The molecule has 0 atom stereocenters. The van der Waals surface area contributed by atoms with Gasteiger partial charge in [0, 0.05) is 25.0 Å². The molecular formula is C17H12N6O. The number of aromatic nitrogens is 6. The topological polar surface area (TPSA) is 90.5 Å². The molecule has 0 amide bonds. The lowest BCUT2D eigenvalue weighted by molar-refractivity contribution is 0.422. The number of hydrogen-bond acceptors (Lipinski definition) is 7. The summed E-state index contributed by atoms with van der Waals surface area (Å²) in [6.45, 7) is 0. The minimum Gasteiger partial charge on any atom is -0.332 e. The van der Waals surface area contributed by atoms with Crippen LogP contribution < -0.4 is 0 Å².